The molecule has 0 aliphatic heterocycles. The highest BCUT2D eigenvalue weighted by molar-refractivity contribution is 5.07. The van der Waals surface area contributed by atoms with Crippen LogP contribution in [0.2, 0.25) is 0 Å². The lowest BCUT2D eigenvalue weighted by molar-refractivity contribution is 0.0622. The van der Waals surface area contributed by atoms with Gasteiger partial charge in [0.2, 0.25) is 0 Å². The largest absolute Gasteiger partial charge is 0.470 e. The van der Waals surface area contributed by atoms with Crippen molar-refractivity contribution in [2.24, 2.45) is 11.7 Å². The van der Waals surface area contributed by atoms with Crippen molar-refractivity contribution in [3.63, 3.8) is 0 Å². The zero-order valence-corrected chi connectivity index (χ0v) is 11.2. The number of hydrogen-bond donors (Lipinski definition) is 1. The molecule has 0 saturated heterocycles. The normalized spacial score (nSPS) is 23.6. The summed E-state index contributed by atoms with van der Waals surface area (Å²) in [6, 6.07) is 0. The standard InChI is InChI=1S/C13H21N3O2/c1-13(2,3)16-5-4-15-11(12(16)17)18-10-6-9(7-10)8-14/h4-5,9-10H,6-8,14H2,1-3H3. The predicted molar refractivity (Wildman–Crippen MR) is 69.7 cm³/mol. The number of rotatable bonds is 3. The van der Waals surface area contributed by atoms with Gasteiger partial charge in [0.05, 0.1) is 0 Å². The van der Waals surface area contributed by atoms with Crippen LogP contribution >= 0.6 is 0 Å². The van der Waals surface area contributed by atoms with Gasteiger partial charge in [0.1, 0.15) is 6.10 Å². The number of nitrogens with two attached hydrogens (primary N) is 1. The summed E-state index contributed by atoms with van der Waals surface area (Å²) in [6.45, 7) is 6.62. The molecule has 0 aromatic carbocycles. The maximum Gasteiger partial charge on any atom is 0.313 e. The SMILES string of the molecule is CC(C)(C)n1ccnc(OC2CC(CN)C2)c1=O. The molecule has 1 saturated carbocycles. The van der Waals surface area contributed by atoms with Crippen LogP contribution in [0.15, 0.2) is 17.2 Å². The Balaban J connectivity index is 2.13. The Morgan fingerprint density at radius 3 is 2.72 bits per heavy atom. The van der Waals surface area contributed by atoms with Crippen molar-refractivity contribution in [3.8, 4) is 5.88 Å². The van der Waals surface area contributed by atoms with Gasteiger partial charge in [-0.25, -0.2) is 4.98 Å². The van der Waals surface area contributed by atoms with Gasteiger partial charge in [0.15, 0.2) is 0 Å². The van der Waals surface area contributed by atoms with Crippen molar-refractivity contribution in [3.05, 3.63) is 22.7 Å². The Morgan fingerprint density at radius 2 is 2.17 bits per heavy atom. The first-order chi connectivity index (χ1) is 8.41. The maximum absolute atomic E-state index is 12.2. The zero-order valence-electron chi connectivity index (χ0n) is 11.2. The topological polar surface area (TPSA) is 70.1 Å². The molecule has 18 heavy (non-hydrogen) atoms. The first-order valence-corrected chi connectivity index (χ1v) is 6.36. The maximum atomic E-state index is 12.2. The monoisotopic (exact) mass is 251 g/mol. The lowest BCUT2D eigenvalue weighted by Gasteiger charge is -2.34. The average molecular weight is 251 g/mol. The van der Waals surface area contributed by atoms with Crippen molar-refractivity contribution in [1.82, 2.24) is 9.55 Å². The first kappa shape index (κ1) is 13.1. The fraction of sp³-hybridized carbons (Fsp3) is 0.692. The second-order valence-corrected chi connectivity index (χ2v) is 5.89. The number of hydrogen-bond acceptors (Lipinski definition) is 4. The Labute approximate surface area is 107 Å². The van der Waals surface area contributed by atoms with Crippen LogP contribution in [-0.2, 0) is 5.54 Å². The van der Waals surface area contributed by atoms with E-state index in [1.807, 2.05) is 20.8 Å². The molecule has 1 aromatic rings. The molecule has 1 fully saturated rings. The fourth-order valence-electron chi connectivity index (χ4n) is 2.12. The van der Waals surface area contributed by atoms with Gasteiger partial charge < -0.3 is 15.0 Å². The fourth-order valence-corrected chi connectivity index (χ4v) is 2.12. The summed E-state index contributed by atoms with van der Waals surface area (Å²) in [5, 5.41) is 0. The number of aromatic nitrogens is 2. The van der Waals surface area contributed by atoms with Gasteiger partial charge >= 0.3 is 5.56 Å². The molecule has 5 heteroatoms. The van der Waals surface area contributed by atoms with Crippen LogP contribution in [0.4, 0.5) is 0 Å². The number of nitrogens with zero attached hydrogens (tertiary/aromatic N) is 2. The molecule has 1 aliphatic rings. The summed E-state index contributed by atoms with van der Waals surface area (Å²) in [7, 11) is 0. The molecule has 100 valence electrons. The molecule has 2 rings (SSSR count). The van der Waals surface area contributed by atoms with Gasteiger partial charge in [-0.3, -0.25) is 4.79 Å². The van der Waals surface area contributed by atoms with Crippen LogP contribution in [-0.4, -0.2) is 22.2 Å². The molecule has 2 N–H and O–H groups in total. The van der Waals surface area contributed by atoms with E-state index in [0.29, 0.717) is 12.5 Å². The molecule has 1 heterocycles. The highest BCUT2D eigenvalue weighted by atomic mass is 16.5. The molecule has 0 atom stereocenters. The van der Waals surface area contributed by atoms with Gasteiger partial charge in [0.25, 0.3) is 5.88 Å². The third-order valence-electron chi connectivity index (χ3n) is 3.34. The van der Waals surface area contributed by atoms with Crippen LogP contribution in [0.3, 0.4) is 0 Å². The zero-order chi connectivity index (χ0) is 13.3. The van der Waals surface area contributed by atoms with Crippen molar-refractivity contribution in [2.45, 2.75) is 45.3 Å². The van der Waals surface area contributed by atoms with E-state index < -0.39 is 0 Å². The molecule has 0 unspecified atom stereocenters. The first-order valence-electron chi connectivity index (χ1n) is 6.36. The Bertz CT molecular complexity index is 470. The molecular formula is C13H21N3O2. The summed E-state index contributed by atoms with van der Waals surface area (Å²) in [4.78, 5) is 16.2. The van der Waals surface area contributed by atoms with E-state index in [9.17, 15) is 4.79 Å². The minimum absolute atomic E-state index is 0.0922. The minimum Gasteiger partial charge on any atom is -0.470 e. The molecular weight excluding hydrogens is 230 g/mol. The highest BCUT2D eigenvalue weighted by Gasteiger charge is 2.31. The third-order valence-corrected chi connectivity index (χ3v) is 3.34. The van der Waals surface area contributed by atoms with Crippen molar-refractivity contribution >= 4 is 0 Å². The second-order valence-electron chi connectivity index (χ2n) is 5.89. The van der Waals surface area contributed by atoms with Gasteiger partial charge in [-0.2, -0.15) is 0 Å². The second kappa shape index (κ2) is 4.72. The lowest BCUT2D eigenvalue weighted by atomic mass is 9.82. The van der Waals surface area contributed by atoms with Gasteiger partial charge in [-0.05, 0) is 46.1 Å². The summed E-state index contributed by atoms with van der Waals surface area (Å²) in [6.07, 6.45) is 5.23. The predicted octanol–water partition coefficient (Wildman–Crippen LogP) is 1.11. The molecule has 0 amide bonds. The van der Waals surface area contributed by atoms with Crippen LogP contribution in [0.25, 0.3) is 0 Å². The van der Waals surface area contributed by atoms with E-state index >= 15 is 0 Å². The number of ether oxygens (including phenoxy) is 1. The van der Waals surface area contributed by atoms with Crippen molar-refractivity contribution in [2.75, 3.05) is 6.54 Å². The quantitative estimate of drug-likeness (QED) is 0.873. The summed E-state index contributed by atoms with van der Waals surface area (Å²) in [5.74, 6) is 0.733. The summed E-state index contributed by atoms with van der Waals surface area (Å²) in [5.41, 5.74) is 5.13. The average Bonchev–Trinajstić information content (AvgIpc) is 2.23. The van der Waals surface area contributed by atoms with Crippen LogP contribution in [0, 0.1) is 5.92 Å². The molecule has 0 spiro atoms. The van der Waals surface area contributed by atoms with Gasteiger partial charge in [-0.1, -0.05) is 0 Å². The molecule has 5 nitrogen and oxygen atoms in total. The molecule has 0 bridgehead atoms. The van der Waals surface area contributed by atoms with E-state index in [1.54, 1.807) is 17.0 Å². The summed E-state index contributed by atoms with van der Waals surface area (Å²) < 4.78 is 7.30. The molecule has 0 radical (unpaired) electrons. The van der Waals surface area contributed by atoms with Crippen LogP contribution < -0.4 is 16.0 Å². The van der Waals surface area contributed by atoms with E-state index in [2.05, 4.69) is 4.98 Å². The van der Waals surface area contributed by atoms with E-state index in [0.717, 1.165) is 12.8 Å². The Hall–Kier alpha value is -1.36. The Kier molecular flexibility index (Phi) is 3.43. The van der Waals surface area contributed by atoms with Gasteiger partial charge in [0, 0.05) is 17.9 Å². The molecule has 1 aliphatic carbocycles. The van der Waals surface area contributed by atoms with Crippen LogP contribution in [0.1, 0.15) is 33.6 Å². The summed E-state index contributed by atoms with van der Waals surface area (Å²) >= 11 is 0. The van der Waals surface area contributed by atoms with E-state index in [-0.39, 0.29) is 23.1 Å². The van der Waals surface area contributed by atoms with Crippen molar-refractivity contribution in [1.29, 1.82) is 0 Å². The smallest absolute Gasteiger partial charge is 0.313 e. The Morgan fingerprint density at radius 1 is 1.50 bits per heavy atom. The minimum atomic E-state index is -0.266. The molecule has 1 aromatic heterocycles. The highest BCUT2D eigenvalue weighted by Crippen LogP contribution is 2.29. The van der Waals surface area contributed by atoms with Crippen molar-refractivity contribution < 1.29 is 4.74 Å². The van der Waals surface area contributed by atoms with E-state index in [1.165, 1.54) is 0 Å². The van der Waals surface area contributed by atoms with Crippen LogP contribution in [0.5, 0.6) is 5.88 Å². The van der Waals surface area contributed by atoms with Gasteiger partial charge in [-0.15, -0.1) is 0 Å². The lowest BCUT2D eigenvalue weighted by Crippen LogP contribution is -2.40. The third kappa shape index (κ3) is 2.56. The van der Waals surface area contributed by atoms with E-state index in [4.69, 9.17) is 10.5 Å².